The normalized spacial score (nSPS) is 18.4. The SMILES string of the molecule is CN(C)S(=O)(=O)N1CCN(S(=O)(=O)c2ccc(Cl)cc2C(F)(F)F)CC1. The van der Waals surface area contributed by atoms with Crippen LogP contribution >= 0.6 is 11.6 Å². The molecule has 13 heteroatoms. The van der Waals surface area contributed by atoms with E-state index >= 15 is 0 Å². The van der Waals surface area contributed by atoms with Crippen LogP contribution in [0.5, 0.6) is 0 Å². The van der Waals surface area contributed by atoms with Crippen molar-refractivity contribution in [1.29, 1.82) is 0 Å². The minimum atomic E-state index is -4.90. The van der Waals surface area contributed by atoms with Gasteiger partial charge >= 0.3 is 6.18 Å². The van der Waals surface area contributed by atoms with Gasteiger partial charge in [0.2, 0.25) is 10.0 Å². The molecule has 1 saturated heterocycles. The predicted octanol–water partition coefficient (Wildman–Crippen LogP) is 1.47. The zero-order chi connectivity index (χ0) is 19.9. The zero-order valence-corrected chi connectivity index (χ0v) is 16.3. The van der Waals surface area contributed by atoms with Crippen molar-refractivity contribution in [3.05, 3.63) is 28.8 Å². The highest BCUT2D eigenvalue weighted by molar-refractivity contribution is 7.89. The van der Waals surface area contributed by atoms with E-state index in [-0.39, 0.29) is 31.2 Å². The van der Waals surface area contributed by atoms with Gasteiger partial charge in [-0.15, -0.1) is 0 Å². The Labute approximate surface area is 155 Å². The number of rotatable bonds is 4. The lowest BCUT2D eigenvalue weighted by molar-refractivity contribution is -0.139. The largest absolute Gasteiger partial charge is 0.417 e. The number of hydrogen-bond acceptors (Lipinski definition) is 4. The maximum Gasteiger partial charge on any atom is 0.417 e. The van der Waals surface area contributed by atoms with E-state index in [1.165, 1.54) is 14.1 Å². The van der Waals surface area contributed by atoms with Crippen molar-refractivity contribution >= 4 is 31.8 Å². The summed E-state index contributed by atoms with van der Waals surface area (Å²) in [6.07, 6.45) is -4.90. The fourth-order valence-corrected chi connectivity index (χ4v) is 5.33. The van der Waals surface area contributed by atoms with E-state index in [4.69, 9.17) is 11.6 Å². The number of benzene rings is 1. The number of halogens is 4. The summed E-state index contributed by atoms with van der Waals surface area (Å²) in [5.74, 6) is 0. The first-order chi connectivity index (χ1) is 11.8. The Bertz CT molecular complexity index is 880. The molecule has 1 aromatic rings. The molecule has 0 spiro atoms. The van der Waals surface area contributed by atoms with E-state index in [9.17, 15) is 30.0 Å². The van der Waals surface area contributed by atoms with Crippen LogP contribution in [0.2, 0.25) is 5.02 Å². The first-order valence-corrected chi connectivity index (χ1v) is 10.5. The molecule has 0 radical (unpaired) electrons. The van der Waals surface area contributed by atoms with Crippen LogP contribution in [-0.2, 0) is 26.4 Å². The number of alkyl halides is 3. The summed E-state index contributed by atoms with van der Waals surface area (Å²) in [7, 11) is -5.51. The van der Waals surface area contributed by atoms with E-state index in [0.717, 1.165) is 25.0 Å². The van der Waals surface area contributed by atoms with Gasteiger partial charge in [0.25, 0.3) is 10.2 Å². The third-order valence-corrected chi connectivity index (χ3v) is 7.98. The zero-order valence-electron chi connectivity index (χ0n) is 13.9. The van der Waals surface area contributed by atoms with E-state index < -0.39 is 36.9 Å². The lowest BCUT2D eigenvalue weighted by Gasteiger charge is -2.34. The first-order valence-electron chi connectivity index (χ1n) is 7.32. The van der Waals surface area contributed by atoms with Crippen LogP contribution in [0.25, 0.3) is 0 Å². The predicted molar refractivity (Wildman–Crippen MR) is 89.4 cm³/mol. The summed E-state index contributed by atoms with van der Waals surface area (Å²) >= 11 is 5.57. The Morgan fingerprint density at radius 2 is 1.50 bits per heavy atom. The summed E-state index contributed by atoms with van der Waals surface area (Å²) in [6.45, 7) is -0.825. The molecule has 0 aromatic heterocycles. The van der Waals surface area contributed by atoms with Crippen LogP contribution in [0.1, 0.15) is 5.56 Å². The van der Waals surface area contributed by atoms with E-state index in [2.05, 4.69) is 0 Å². The van der Waals surface area contributed by atoms with Crippen molar-refractivity contribution in [3.8, 4) is 0 Å². The molecule has 148 valence electrons. The van der Waals surface area contributed by atoms with E-state index in [1.54, 1.807) is 0 Å². The Balaban J connectivity index is 2.32. The third-order valence-electron chi connectivity index (χ3n) is 3.85. The highest BCUT2D eigenvalue weighted by Gasteiger charge is 2.41. The van der Waals surface area contributed by atoms with Crippen molar-refractivity contribution in [2.45, 2.75) is 11.1 Å². The van der Waals surface area contributed by atoms with Crippen molar-refractivity contribution < 1.29 is 30.0 Å². The second-order valence-electron chi connectivity index (χ2n) is 5.73. The van der Waals surface area contributed by atoms with Gasteiger partial charge in [0.15, 0.2) is 0 Å². The standard InChI is InChI=1S/C13H17ClF3N3O4S2/c1-18(2)26(23,24)20-7-5-19(6-8-20)25(21,22)12-4-3-10(14)9-11(12)13(15,16)17/h3-4,9H,5-8H2,1-2H3. The average molecular weight is 436 g/mol. The molecule has 7 nitrogen and oxygen atoms in total. The van der Waals surface area contributed by atoms with Crippen LogP contribution < -0.4 is 0 Å². The van der Waals surface area contributed by atoms with Crippen LogP contribution in [0.3, 0.4) is 0 Å². The van der Waals surface area contributed by atoms with Crippen LogP contribution in [0.4, 0.5) is 13.2 Å². The molecule has 1 aliphatic rings. The van der Waals surface area contributed by atoms with Gasteiger partial charge in [0.1, 0.15) is 0 Å². The van der Waals surface area contributed by atoms with Crippen LogP contribution in [-0.4, -0.2) is 70.0 Å². The quantitative estimate of drug-likeness (QED) is 0.717. The lowest BCUT2D eigenvalue weighted by Crippen LogP contribution is -2.53. The van der Waals surface area contributed by atoms with E-state index in [0.29, 0.717) is 6.07 Å². The van der Waals surface area contributed by atoms with Crippen molar-refractivity contribution in [2.75, 3.05) is 40.3 Å². The van der Waals surface area contributed by atoms with Crippen LogP contribution in [0.15, 0.2) is 23.1 Å². The minimum absolute atomic E-state index is 0.158. The summed E-state index contributed by atoms with van der Waals surface area (Å²) in [5.41, 5.74) is -1.35. The second-order valence-corrected chi connectivity index (χ2v) is 10.2. The molecular weight excluding hydrogens is 419 g/mol. The summed E-state index contributed by atoms with van der Waals surface area (Å²) in [4.78, 5) is -0.904. The Morgan fingerprint density at radius 3 is 1.96 bits per heavy atom. The van der Waals surface area contributed by atoms with Gasteiger partial charge in [-0.05, 0) is 18.2 Å². The highest BCUT2D eigenvalue weighted by atomic mass is 35.5. The summed E-state index contributed by atoms with van der Waals surface area (Å²) < 4.78 is 91.9. The van der Waals surface area contributed by atoms with Gasteiger partial charge in [0.05, 0.1) is 10.5 Å². The molecule has 0 unspecified atom stereocenters. The molecule has 1 aromatic carbocycles. The van der Waals surface area contributed by atoms with Gasteiger partial charge in [-0.3, -0.25) is 0 Å². The van der Waals surface area contributed by atoms with Gasteiger partial charge < -0.3 is 0 Å². The molecule has 0 saturated carbocycles. The molecule has 0 N–H and O–H groups in total. The molecule has 2 rings (SSSR count). The van der Waals surface area contributed by atoms with Gasteiger partial charge in [0, 0.05) is 45.3 Å². The molecule has 0 amide bonds. The fraction of sp³-hybridized carbons (Fsp3) is 0.538. The molecule has 1 heterocycles. The second kappa shape index (κ2) is 7.24. The number of hydrogen-bond donors (Lipinski definition) is 0. The van der Waals surface area contributed by atoms with Crippen molar-refractivity contribution in [2.24, 2.45) is 0 Å². The first kappa shape index (κ1) is 21.4. The average Bonchev–Trinajstić information content (AvgIpc) is 2.53. The van der Waals surface area contributed by atoms with Gasteiger partial charge in [-0.2, -0.15) is 34.5 Å². The Kier molecular flexibility index (Phi) is 5.96. The molecule has 0 bridgehead atoms. The highest BCUT2D eigenvalue weighted by Crippen LogP contribution is 2.37. The summed E-state index contributed by atoms with van der Waals surface area (Å²) in [6, 6.07) is 2.43. The minimum Gasteiger partial charge on any atom is -0.207 e. The number of piperazine rings is 1. The maximum atomic E-state index is 13.2. The molecule has 0 atom stereocenters. The fourth-order valence-electron chi connectivity index (χ4n) is 2.46. The molecular formula is C13H17ClF3N3O4S2. The molecule has 26 heavy (non-hydrogen) atoms. The lowest BCUT2D eigenvalue weighted by atomic mass is 10.2. The molecule has 1 fully saturated rings. The Morgan fingerprint density at radius 1 is 1.00 bits per heavy atom. The molecule has 1 aliphatic heterocycles. The van der Waals surface area contributed by atoms with Gasteiger partial charge in [-0.1, -0.05) is 11.6 Å². The smallest absolute Gasteiger partial charge is 0.207 e. The van der Waals surface area contributed by atoms with Crippen molar-refractivity contribution in [1.82, 2.24) is 12.9 Å². The van der Waals surface area contributed by atoms with Crippen molar-refractivity contribution in [3.63, 3.8) is 0 Å². The maximum absolute atomic E-state index is 13.2. The van der Waals surface area contributed by atoms with Crippen LogP contribution in [0, 0.1) is 0 Å². The van der Waals surface area contributed by atoms with E-state index in [1.807, 2.05) is 0 Å². The number of nitrogens with zero attached hydrogens (tertiary/aromatic N) is 3. The van der Waals surface area contributed by atoms with Gasteiger partial charge in [-0.25, -0.2) is 8.42 Å². The monoisotopic (exact) mass is 435 g/mol. The summed E-state index contributed by atoms with van der Waals surface area (Å²) in [5, 5.41) is -0.238. The molecule has 0 aliphatic carbocycles. The number of sulfonamides is 1. The third kappa shape index (κ3) is 4.15. The Hall–Kier alpha value is -0.920. The topological polar surface area (TPSA) is 78.0 Å².